The topological polar surface area (TPSA) is 72.3 Å². The van der Waals surface area contributed by atoms with E-state index >= 15 is 0 Å². The van der Waals surface area contributed by atoms with Crippen LogP contribution in [0.25, 0.3) is 17.1 Å². The Balaban J connectivity index is 1.65. The summed E-state index contributed by atoms with van der Waals surface area (Å²) in [5.74, 6) is 1.39. The monoisotopic (exact) mass is 400 g/mol. The zero-order valence-corrected chi connectivity index (χ0v) is 17.3. The predicted octanol–water partition coefficient (Wildman–Crippen LogP) is 4.45. The summed E-state index contributed by atoms with van der Waals surface area (Å²) in [6.45, 7) is 3.93. The van der Waals surface area contributed by atoms with Crippen LogP contribution in [0.4, 0.5) is 0 Å². The van der Waals surface area contributed by atoms with Gasteiger partial charge in [0.2, 0.25) is 0 Å². The minimum Gasteiger partial charge on any atom is -0.305 e. The maximum absolute atomic E-state index is 9.64. The second-order valence-electron chi connectivity index (χ2n) is 6.79. The van der Waals surface area contributed by atoms with Crippen molar-refractivity contribution in [3.05, 3.63) is 77.1 Å². The Labute approximate surface area is 173 Å². The molecule has 144 valence electrons. The molecule has 0 amide bonds. The molecule has 0 spiro atoms. The molecule has 0 radical (unpaired) electrons. The Kier molecular flexibility index (Phi) is 5.19. The molecule has 0 saturated heterocycles. The molecule has 0 aliphatic rings. The van der Waals surface area contributed by atoms with Crippen LogP contribution in [0.2, 0.25) is 0 Å². The van der Waals surface area contributed by atoms with Gasteiger partial charge in [0.25, 0.3) is 0 Å². The number of hydrogen-bond acceptors (Lipinski definition) is 5. The molecule has 0 aliphatic carbocycles. The number of para-hydroxylation sites is 1. The lowest BCUT2D eigenvalue weighted by Gasteiger charge is -2.08. The summed E-state index contributed by atoms with van der Waals surface area (Å²) < 4.78 is 3.83. The van der Waals surface area contributed by atoms with E-state index in [2.05, 4.69) is 40.4 Å². The molecule has 0 saturated carbocycles. The van der Waals surface area contributed by atoms with Crippen molar-refractivity contribution in [3.8, 4) is 23.1 Å². The first-order chi connectivity index (χ1) is 14.1. The van der Waals surface area contributed by atoms with Crippen LogP contribution < -0.4 is 0 Å². The van der Waals surface area contributed by atoms with Crippen molar-refractivity contribution in [3.63, 3.8) is 0 Å². The van der Waals surface area contributed by atoms with Gasteiger partial charge in [0.15, 0.2) is 11.0 Å². The zero-order valence-electron chi connectivity index (χ0n) is 16.5. The fourth-order valence-electron chi connectivity index (χ4n) is 3.25. The molecule has 0 fully saturated rings. The lowest BCUT2D eigenvalue weighted by molar-refractivity contribution is 0.790. The molecule has 0 N–H and O–H groups in total. The third-order valence-corrected chi connectivity index (χ3v) is 5.75. The van der Waals surface area contributed by atoms with E-state index in [0.29, 0.717) is 11.3 Å². The fraction of sp³-hybridized carbons (Fsp3) is 0.182. The van der Waals surface area contributed by atoms with Gasteiger partial charge in [-0.05, 0) is 32.0 Å². The number of nitrogens with zero attached hydrogens (tertiary/aromatic N) is 6. The summed E-state index contributed by atoms with van der Waals surface area (Å²) in [6, 6.07) is 20.4. The van der Waals surface area contributed by atoms with Crippen molar-refractivity contribution in [2.24, 2.45) is 7.05 Å². The number of aryl methyl sites for hydroxylation is 2. The van der Waals surface area contributed by atoms with Crippen LogP contribution in [0.1, 0.15) is 22.5 Å². The maximum atomic E-state index is 9.64. The summed E-state index contributed by atoms with van der Waals surface area (Å²) >= 11 is 1.55. The Morgan fingerprint density at radius 2 is 1.83 bits per heavy atom. The molecular weight excluding hydrogens is 380 g/mol. The van der Waals surface area contributed by atoms with Gasteiger partial charge in [-0.2, -0.15) is 10.4 Å². The Bertz CT molecular complexity index is 1200. The van der Waals surface area contributed by atoms with Crippen molar-refractivity contribution in [1.82, 2.24) is 24.5 Å². The highest BCUT2D eigenvalue weighted by molar-refractivity contribution is 7.98. The summed E-state index contributed by atoms with van der Waals surface area (Å²) in [7, 11) is 1.96. The van der Waals surface area contributed by atoms with Gasteiger partial charge in [0.1, 0.15) is 6.07 Å². The lowest BCUT2D eigenvalue weighted by Crippen LogP contribution is -2.03. The summed E-state index contributed by atoms with van der Waals surface area (Å²) in [5, 5.41) is 23.8. The van der Waals surface area contributed by atoms with E-state index in [-0.39, 0.29) is 0 Å². The number of aromatic nitrogens is 5. The molecule has 0 aliphatic heterocycles. The van der Waals surface area contributed by atoms with Crippen LogP contribution in [0.15, 0.2) is 59.8 Å². The second kappa shape index (κ2) is 7.94. The van der Waals surface area contributed by atoms with Gasteiger partial charge < -0.3 is 4.57 Å². The van der Waals surface area contributed by atoms with Crippen molar-refractivity contribution in [1.29, 1.82) is 5.26 Å². The average Bonchev–Trinajstić information content (AvgIpc) is 3.26. The van der Waals surface area contributed by atoms with Crippen LogP contribution in [-0.4, -0.2) is 24.5 Å². The molecule has 0 bridgehead atoms. The molecule has 7 heteroatoms. The van der Waals surface area contributed by atoms with Gasteiger partial charge in [-0.1, -0.05) is 53.7 Å². The molecule has 2 aromatic carbocycles. The first-order valence-corrected chi connectivity index (χ1v) is 10.2. The molecular formula is C22H20N6S. The third-order valence-electron chi connectivity index (χ3n) is 4.72. The number of benzene rings is 2. The molecule has 6 nitrogen and oxygen atoms in total. The Morgan fingerprint density at radius 3 is 2.55 bits per heavy atom. The van der Waals surface area contributed by atoms with Crippen molar-refractivity contribution in [2.75, 3.05) is 0 Å². The van der Waals surface area contributed by atoms with Gasteiger partial charge in [-0.15, -0.1) is 10.2 Å². The first-order valence-electron chi connectivity index (χ1n) is 9.21. The highest BCUT2D eigenvalue weighted by Gasteiger charge is 2.18. The van der Waals surface area contributed by atoms with Crippen LogP contribution in [0.3, 0.4) is 0 Å². The van der Waals surface area contributed by atoms with E-state index in [4.69, 9.17) is 0 Å². The minimum atomic E-state index is 0.568. The lowest BCUT2D eigenvalue weighted by atomic mass is 10.1. The Morgan fingerprint density at radius 1 is 1.03 bits per heavy atom. The number of nitriles is 1. The van der Waals surface area contributed by atoms with Crippen LogP contribution in [0.5, 0.6) is 0 Å². The second-order valence-corrected chi connectivity index (χ2v) is 7.73. The van der Waals surface area contributed by atoms with Gasteiger partial charge in [0.05, 0.1) is 22.6 Å². The standard InChI is InChI=1S/C22H20N6S/c1-15-8-7-9-17(12-15)21-24-25-22(27(21)3)29-14-20-19(13-23)16(2)26-28(20)18-10-5-4-6-11-18/h4-12H,14H2,1-3H3. The molecule has 2 aromatic heterocycles. The van der Waals surface area contributed by atoms with Gasteiger partial charge in [-0.25, -0.2) is 4.68 Å². The summed E-state index contributed by atoms with van der Waals surface area (Å²) in [5.41, 5.74) is 5.36. The third kappa shape index (κ3) is 3.67. The molecule has 4 rings (SSSR count). The minimum absolute atomic E-state index is 0.568. The van der Waals surface area contributed by atoms with Gasteiger partial charge in [-0.3, -0.25) is 0 Å². The highest BCUT2D eigenvalue weighted by Crippen LogP contribution is 2.28. The zero-order chi connectivity index (χ0) is 20.4. The largest absolute Gasteiger partial charge is 0.305 e. The SMILES string of the molecule is Cc1cccc(-c2nnc(SCc3c(C#N)c(C)nn3-c3ccccc3)n2C)c1. The van der Waals surface area contributed by atoms with Crippen LogP contribution in [-0.2, 0) is 12.8 Å². The van der Waals surface area contributed by atoms with Crippen molar-refractivity contribution in [2.45, 2.75) is 24.8 Å². The van der Waals surface area contributed by atoms with E-state index in [9.17, 15) is 5.26 Å². The van der Waals surface area contributed by atoms with Crippen molar-refractivity contribution < 1.29 is 0 Å². The van der Waals surface area contributed by atoms with Gasteiger partial charge >= 0.3 is 0 Å². The normalized spacial score (nSPS) is 10.8. The van der Waals surface area contributed by atoms with Gasteiger partial charge in [0, 0.05) is 18.4 Å². The molecule has 0 unspecified atom stereocenters. The quantitative estimate of drug-likeness (QED) is 0.463. The molecule has 0 atom stereocenters. The van der Waals surface area contributed by atoms with Crippen molar-refractivity contribution >= 4 is 11.8 Å². The predicted molar refractivity (Wildman–Crippen MR) is 114 cm³/mol. The maximum Gasteiger partial charge on any atom is 0.191 e. The highest BCUT2D eigenvalue weighted by atomic mass is 32.2. The van der Waals surface area contributed by atoms with E-state index in [0.717, 1.165) is 33.6 Å². The smallest absolute Gasteiger partial charge is 0.191 e. The van der Waals surface area contributed by atoms with Crippen LogP contribution >= 0.6 is 11.8 Å². The molecule has 4 aromatic rings. The first kappa shape index (κ1) is 19.0. The summed E-state index contributed by atoms with van der Waals surface area (Å²) in [4.78, 5) is 0. The van der Waals surface area contributed by atoms with E-state index in [1.54, 1.807) is 11.8 Å². The van der Waals surface area contributed by atoms with E-state index in [1.165, 1.54) is 5.56 Å². The molecule has 29 heavy (non-hydrogen) atoms. The fourth-order valence-corrected chi connectivity index (χ4v) is 4.16. The average molecular weight is 401 g/mol. The summed E-state index contributed by atoms with van der Waals surface area (Å²) in [6.07, 6.45) is 0. The van der Waals surface area contributed by atoms with E-state index < -0.39 is 0 Å². The molecule has 2 heterocycles. The van der Waals surface area contributed by atoms with E-state index in [1.807, 2.05) is 65.7 Å². The van der Waals surface area contributed by atoms with Crippen LogP contribution in [0, 0.1) is 25.2 Å². The number of thioether (sulfide) groups is 1. The Hall–Kier alpha value is -3.37. The number of hydrogen-bond donors (Lipinski definition) is 0. The number of rotatable bonds is 5.